The molecule has 4 heteroatoms. The number of rotatable bonds is 1. The van der Waals surface area contributed by atoms with Crippen molar-refractivity contribution >= 4 is 28.5 Å². The van der Waals surface area contributed by atoms with E-state index in [0.29, 0.717) is 16.9 Å². The molecule has 0 aliphatic heterocycles. The summed E-state index contributed by atoms with van der Waals surface area (Å²) in [6, 6.07) is 5.83. The number of fused-ring (bicyclic) bond motifs is 1. The van der Waals surface area contributed by atoms with Crippen LogP contribution in [0.15, 0.2) is 18.2 Å². The van der Waals surface area contributed by atoms with E-state index in [1.807, 2.05) is 18.2 Å². The van der Waals surface area contributed by atoms with Gasteiger partial charge in [-0.1, -0.05) is 36.6 Å². The molecular formula is C13H14ClN3. The molecule has 0 atom stereocenters. The number of nitrogens with two attached hydrogens (primary N) is 1. The predicted octanol–water partition coefficient (Wildman–Crippen LogP) is 3.52. The minimum atomic E-state index is 0.326. The highest BCUT2D eigenvalue weighted by atomic mass is 35.5. The number of hydrogen-bond acceptors (Lipinski definition) is 3. The molecule has 0 spiro atoms. The average molecular weight is 248 g/mol. The number of halogens is 1. The molecule has 88 valence electrons. The maximum Gasteiger partial charge on any atom is 0.220 e. The molecule has 3 rings (SSSR count). The Bertz CT molecular complexity index is 562. The van der Waals surface area contributed by atoms with E-state index in [0.717, 1.165) is 16.6 Å². The van der Waals surface area contributed by atoms with Crippen molar-refractivity contribution in [3.05, 3.63) is 28.9 Å². The van der Waals surface area contributed by atoms with E-state index in [1.54, 1.807) is 0 Å². The van der Waals surface area contributed by atoms with Crippen LogP contribution in [-0.4, -0.2) is 9.97 Å². The van der Waals surface area contributed by atoms with Crippen molar-refractivity contribution in [2.45, 2.75) is 31.6 Å². The second-order valence-corrected chi connectivity index (χ2v) is 4.99. The van der Waals surface area contributed by atoms with Crippen LogP contribution in [0, 0.1) is 0 Å². The predicted molar refractivity (Wildman–Crippen MR) is 70.2 cm³/mol. The number of aromatic nitrogens is 2. The van der Waals surface area contributed by atoms with Gasteiger partial charge in [-0.25, -0.2) is 9.97 Å². The van der Waals surface area contributed by atoms with Gasteiger partial charge < -0.3 is 5.73 Å². The third kappa shape index (κ3) is 1.84. The molecule has 0 amide bonds. The van der Waals surface area contributed by atoms with Crippen molar-refractivity contribution in [3.63, 3.8) is 0 Å². The lowest BCUT2D eigenvalue weighted by atomic mass is 9.99. The van der Waals surface area contributed by atoms with Crippen LogP contribution in [0.4, 0.5) is 5.95 Å². The summed E-state index contributed by atoms with van der Waals surface area (Å²) in [6.45, 7) is 0. The molecule has 0 unspecified atom stereocenters. The molecular weight excluding hydrogens is 234 g/mol. The van der Waals surface area contributed by atoms with E-state index in [-0.39, 0.29) is 0 Å². The fourth-order valence-electron chi connectivity index (χ4n) is 2.67. The molecule has 1 aromatic heterocycles. The Kier molecular flexibility index (Phi) is 2.63. The Morgan fingerprint density at radius 3 is 2.71 bits per heavy atom. The Balaban J connectivity index is 2.25. The van der Waals surface area contributed by atoms with Crippen LogP contribution in [0.1, 0.15) is 37.3 Å². The van der Waals surface area contributed by atoms with E-state index in [1.165, 1.54) is 25.7 Å². The van der Waals surface area contributed by atoms with Crippen LogP contribution >= 0.6 is 11.6 Å². The van der Waals surface area contributed by atoms with Gasteiger partial charge in [-0.15, -0.1) is 0 Å². The number of nitrogen functional groups attached to an aromatic ring is 1. The summed E-state index contributed by atoms with van der Waals surface area (Å²) in [7, 11) is 0. The van der Waals surface area contributed by atoms with Gasteiger partial charge >= 0.3 is 0 Å². The summed E-state index contributed by atoms with van der Waals surface area (Å²) in [6.07, 6.45) is 4.93. The highest BCUT2D eigenvalue weighted by Crippen LogP contribution is 2.37. The normalized spacial score (nSPS) is 16.8. The second kappa shape index (κ2) is 4.15. The largest absolute Gasteiger partial charge is 0.368 e. The molecule has 0 saturated heterocycles. The summed E-state index contributed by atoms with van der Waals surface area (Å²) in [5, 5.41) is 1.70. The highest BCUT2D eigenvalue weighted by molar-refractivity contribution is 6.35. The molecule has 0 radical (unpaired) electrons. The molecule has 1 aliphatic carbocycles. The molecule has 1 fully saturated rings. The van der Waals surface area contributed by atoms with Crippen LogP contribution < -0.4 is 5.73 Å². The Morgan fingerprint density at radius 1 is 1.18 bits per heavy atom. The fraction of sp³-hybridized carbons (Fsp3) is 0.385. The van der Waals surface area contributed by atoms with Gasteiger partial charge in [0.05, 0.1) is 16.2 Å². The van der Waals surface area contributed by atoms with Crippen LogP contribution in [0.2, 0.25) is 5.02 Å². The van der Waals surface area contributed by atoms with Gasteiger partial charge in [0.2, 0.25) is 5.95 Å². The summed E-state index contributed by atoms with van der Waals surface area (Å²) in [5.74, 6) is 0.841. The van der Waals surface area contributed by atoms with E-state index < -0.39 is 0 Å². The van der Waals surface area contributed by atoms with E-state index in [2.05, 4.69) is 9.97 Å². The first-order valence-electron chi connectivity index (χ1n) is 5.97. The minimum Gasteiger partial charge on any atom is -0.368 e. The summed E-state index contributed by atoms with van der Waals surface area (Å²) in [5.41, 5.74) is 7.64. The Hall–Kier alpha value is -1.35. The Morgan fingerprint density at radius 2 is 1.94 bits per heavy atom. The zero-order chi connectivity index (χ0) is 11.8. The van der Waals surface area contributed by atoms with Gasteiger partial charge in [0.25, 0.3) is 0 Å². The van der Waals surface area contributed by atoms with Crippen LogP contribution in [0.3, 0.4) is 0 Å². The van der Waals surface area contributed by atoms with Crippen molar-refractivity contribution in [2.75, 3.05) is 5.73 Å². The topological polar surface area (TPSA) is 51.8 Å². The molecule has 3 nitrogen and oxygen atoms in total. The van der Waals surface area contributed by atoms with Crippen LogP contribution in [-0.2, 0) is 0 Å². The summed E-state index contributed by atoms with van der Waals surface area (Å²) >= 11 is 6.16. The third-order valence-electron chi connectivity index (χ3n) is 3.47. The maximum atomic E-state index is 6.16. The lowest BCUT2D eigenvalue weighted by Gasteiger charge is -2.12. The Labute approximate surface area is 105 Å². The monoisotopic (exact) mass is 247 g/mol. The lowest BCUT2D eigenvalue weighted by molar-refractivity contribution is 0.704. The smallest absolute Gasteiger partial charge is 0.220 e. The fourth-order valence-corrected chi connectivity index (χ4v) is 2.89. The van der Waals surface area contributed by atoms with Crippen LogP contribution in [0.25, 0.3) is 10.9 Å². The second-order valence-electron chi connectivity index (χ2n) is 4.58. The van der Waals surface area contributed by atoms with Gasteiger partial charge in [-0.05, 0) is 18.9 Å². The lowest BCUT2D eigenvalue weighted by Crippen LogP contribution is -2.04. The summed E-state index contributed by atoms with van der Waals surface area (Å²) in [4.78, 5) is 8.67. The van der Waals surface area contributed by atoms with Crippen molar-refractivity contribution in [1.82, 2.24) is 9.97 Å². The molecule has 17 heavy (non-hydrogen) atoms. The molecule has 1 saturated carbocycles. The standard InChI is InChI=1S/C13H14ClN3/c14-10-7-3-6-9-11(8-4-1-2-5-8)16-13(15)17-12(9)10/h3,6-8H,1-2,4-5H2,(H2,15,16,17). The highest BCUT2D eigenvalue weighted by Gasteiger charge is 2.21. The molecule has 1 aromatic carbocycles. The molecule has 1 aliphatic rings. The first kappa shape index (κ1) is 10.8. The van der Waals surface area contributed by atoms with E-state index in [9.17, 15) is 0 Å². The molecule has 2 aromatic rings. The minimum absolute atomic E-state index is 0.326. The molecule has 1 heterocycles. The first-order chi connectivity index (χ1) is 8.25. The number of hydrogen-bond donors (Lipinski definition) is 1. The number of anilines is 1. The van der Waals surface area contributed by atoms with Crippen molar-refractivity contribution < 1.29 is 0 Å². The first-order valence-corrected chi connectivity index (χ1v) is 6.35. The van der Waals surface area contributed by atoms with Gasteiger partial charge in [0.1, 0.15) is 0 Å². The summed E-state index contributed by atoms with van der Waals surface area (Å²) < 4.78 is 0. The third-order valence-corrected chi connectivity index (χ3v) is 3.77. The van der Waals surface area contributed by atoms with Crippen LogP contribution in [0.5, 0.6) is 0 Å². The van der Waals surface area contributed by atoms with Crippen molar-refractivity contribution in [2.24, 2.45) is 0 Å². The van der Waals surface area contributed by atoms with Gasteiger partial charge in [0, 0.05) is 11.3 Å². The van der Waals surface area contributed by atoms with Gasteiger partial charge in [-0.2, -0.15) is 0 Å². The molecule has 0 bridgehead atoms. The zero-order valence-electron chi connectivity index (χ0n) is 9.49. The SMILES string of the molecule is Nc1nc(C2CCCC2)c2cccc(Cl)c2n1. The van der Waals surface area contributed by atoms with E-state index in [4.69, 9.17) is 17.3 Å². The van der Waals surface area contributed by atoms with Crippen molar-refractivity contribution in [3.8, 4) is 0 Å². The molecule has 2 N–H and O–H groups in total. The zero-order valence-corrected chi connectivity index (χ0v) is 10.2. The number of para-hydroxylation sites is 1. The average Bonchev–Trinajstić information content (AvgIpc) is 2.83. The van der Waals surface area contributed by atoms with Gasteiger partial charge in [0.15, 0.2) is 0 Å². The maximum absolute atomic E-state index is 6.16. The van der Waals surface area contributed by atoms with Gasteiger partial charge in [-0.3, -0.25) is 0 Å². The quantitative estimate of drug-likeness (QED) is 0.839. The number of nitrogens with zero attached hydrogens (tertiary/aromatic N) is 2. The van der Waals surface area contributed by atoms with E-state index >= 15 is 0 Å². The van der Waals surface area contributed by atoms with Crippen molar-refractivity contribution in [1.29, 1.82) is 0 Å². The number of benzene rings is 1.